The maximum absolute atomic E-state index is 13.5. The second-order valence-corrected chi connectivity index (χ2v) is 6.61. The molecule has 3 rings (SSSR count). The average molecular weight is 362 g/mol. The molecule has 0 heterocycles. The van der Waals surface area contributed by atoms with Crippen molar-refractivity contribution in [2.75, 3.05) is 5.32 Å². The Morgan fingerprint density at radius 3 is 2.58 bits per heavy atom. The Bertz CT molecular complexity index is 786. The summed E-state index contributed by atoms with van der Waals surface area (Å²) in [6.45, 7) is 1.97. The number of carbonyl (C=O) groups excluding carboxylic acids is 1. The van der Waals surface area contributed by atoms with Crippen molar-refractivity contribution >= 4 is 11.6 Å². The standard InChI is InChI=1S/C20H21F3N2O/c1-2-13-6-3-4-9-17(13)18(24-15-8-5-7-14(21)10-15)19(26)25-16-11-20(22,23)12-16/h3-10,16,18,24H,2,11-12H2,1H3,(H,25,26). The van der Waals surface area contributed by atoms with Gasteiger partial charge >= 0.3 is 0 Å². The molecule has 0 aromatic heterocycles. The van der Waals surface area contributed by atoms with Crippen LogP contribution in [0.25, 0.3) is 0 Å². The Hall–Kier alpha value is -2.50. The van der Waals surface area contributed by atoms with E-state index < -0.39 is 29.7 Å². The fraction of sp³-hybridized carbons (Fsp3) is 0.350. The van der Waals surface area contributed by atoms with Gasteiger partial charge < -0.3 is 10.6 Å². The fourth-order valence-corrected chi connectivity index (χ4v) is 3.22. The number of hydrogen-bond acceptors (Lipinski definition) is 2. The highest BCUT2D eigenvalue weighted by Crippen LogP contribution is 2.37. The summed E-state index contributed by atoms with van der Waals surface area (Å²) in [6, 6.07) is 11.9. The van der Waals surface area contributed by atoms with Crippen molar-refractivity contribution in [1.82, 2.24) is 5.32 Å². The van der Waals surface area contributed by atoms with Crippen LogP contribution in [0.2, 0.25) is 0 Å². The number of halogens is 3. The summed E-state index contributed by atoms with van der Waals surface area (Å²) in [5, 5.41) is 5.73. The number of anilines is 1. The molecule has 1 saturated carbocycles. The number of rotatable bonds is 6. The third-order valence-electron chi connectivity index (χ3n) is 4.58. The van der Waals surface area contributed by atoms with Crippen LogP contribution in [0.5, 0.6) is 0 Å². The first-order chi connectivity index (χ1) is 12.4. The van der Waals surface area contributed by atoms with Gasteiger partial charge in [0.05, 0.1) is 0 Å². The van der Waals surface area contributed by atoms with E-state index in [1.807, 2.05) is 31.2 Å². The highest BCUT2D eigenvalue weighted by molar-refractivity contribution is 5.86. The number of nitrogens with one attached hydrogen (secondary N) is 2. The van der Waals surface area contributed by atoms with Gasteiger partial charge in [-0.15, -0.1) is 0 Å². The molecule has 26 heavy (non-hydrogen) atoms. The molecule has 2 aromatic rings. The Labute approximate surface area is 150 Å². The number of hydrogen-bond donors (Lipinski definition) is 2. The molecule has 2 aromatic carbocycles. The van der Waals surface area contributed by atoms with Crippen molar-refractivity contribution in [3.05, 3.63) is 65.5 Å². The zero-order valence-corrected chi connectivity index (χ0v) is 14.4. The van der Waals surface area contributed by atoms with E-state index in [0.29, 0.717) is 12.1 Å². The van der Waals surface area contributed by atoms with E-state index in [-0.39, 0.29) is 12.8 Å². The zero-order valence-electron chi connectivity index (χ0n) is 14.4. The lowest BCUT2D eigenvalue weighted by atomic mass is 9.87. The van der Waals surface area contributed by atoms with E-state index >= 15 is 0 Å². The highest BCUT2D eigenvalue weighted by Gasteiger charge is 2.46. The van der Waals surface area contributed by atoms with Crippen LogP contribution < -0.4 is 10.6 Å². The highest BCUT2D eigenvalue weighted by atomic mass is 19.3. The third kappa shape index (κ3) is 4.18. The lowest BCUT2D eigenvalue weighted by Crippen LogP contribution is -2.52. The minimum Gasteiger partial charge on any atom is -0.370 e. The van der Waals surface area contributed by atoms with Gasteiger partial charge in [-0.05, 0) is 35.7 Å². The molecule has 0 spiro atoms. The van der Waals surface area contributed by atoms with E-state index in [1.54, 1.807) is 12.1 Å². The van der Waals surface area contributed by atoms with Crippen molar-refractivity contribution in [2.24, 2.45) is 0 Å². The summed E-state index contributed by atoms with van der Waals surface area (Å²) < 4.78 is 39.6. The van der Waals surface area contributed by atoms with Crippen LogP contribution in [0.4, 0.5) is 18.9 Å². The van der Waals surface area contributed by atoms with E-state index in [0.717, 1.165) is 11.1 Å². The summed E-state index contributed by atoms with van der Waals surface area (Å²) >= 11 is 0. The van der Waals surface area contributed by atoms with Crippen LogP contribution in [0.15, 0.2) is 48.5 Å². The summed E-state index contributed by atoms with van der Waals surface area (Å²) in [6.07, 6.45) is 0.0218. The van der Waals surface area contributed by atoms with Crippen molar-refractivity contribution in [2.45, 2.75) is 44.2 Å². The van der Waals surface area contributed by atoms with Gasteiger partial charge in [0.15, 0.2) is 0 Å². The SMILES string of the molecule is CCc1ccccc1C(Nc1cccc(F)c1)C(=O)NC1CC(F)(F)C1. The smallest absolute Gasteiger partial charge is 0.252 e. The summed E-state index contributed by atoms with van der Waals surface area (Å²) in [7, 11) is 0. The molecule has 138 valence electrons. The van der Waals surface area contributed by atoms with Gasteiger partial charge in [0.25, 0.3) is 5.92 Å². The Kier molecular flexibility index (Phi) is 5.20. The molecule has 1 atom stereocenters. The maximum Gasteiger partial charge on any atom is 0.252 e. The molecule has 0 aliphatic heterocycles. The van der Waals surface area contributed by atoms with Crippen LogP contribution in [0, 0.1) is 5.82 Å². The Morgan fingerprint density at radius 1 is 1.19 bits per heavy atom. The van der Waals surface area contributed by atoms with E-state index in [1.165, 1.54) is 12.1 Å². The number of aryl methyl sites for hydroxylation is 1. The van der Waals surface area contributed by atoms with Crippen LogP contribution in [0.3, 0.4) is 0 Å². The van der Waals surface area contributed by atoms with Crippen LogP contribution in [0.1, 0.15) is 36.9 Å². The topological polar surface area (TPSA) is 41.1 Å². The number of alkyl halides is 2. The normalized spacial score (nSPS) is 17.2. The molecule has 1 fully saturated rings. The minimum atomic E-state index is -2.70. The largest absolute Gasteiger partial charge is 0.370 e. The monoisotopic (exact) mass is 362 g/mol. The molecule has 2 N–H and O–H groups in total. The van der Waals surface area contributed by atoms with Gasteiger partial charge in [-0.3, -0.25) is 4.79 Å². The Morgan fingerprint density at radius 2 is 1.92 bits per heavy atom. The molecule has 1 aliphatic rings. The molecule has 3 nitrogen and oxygen atoms in total. The first-order valence-corrected chi connectivity index (χ1v) is 8.66. The lowest BCUT2D eigenvalue weighted by molar-refractivity contribution is -0.130. The predicted octanol–water partition coefficient (Wildman–Crippen LogP) is 4.46. The van der Waals surface area contributed by atoms with Crippen LogP contribution >= 0.6 is 0 Å². The number of carbonyl (C=O) groups is 1. The quantitative estimate of drug-likeness (QED) is 0.797. The van der Waals surface area contributed by atoms with Gasteiger partial charge in [-0.1, -0.05) is 37.3 Å². The maximum atomic E-state index is 13.5. The first-order valence-electron chi connectivity index (χ1n) is 8.66. The lowest BCUT2D eigenvalue weighted by Gasteiger charge is -2.36. The number of benzene rings is 2. The van der Waals surface area contributed by atoms with Gasteiger partial charge in [0.1, 0.15) is 11.9 Å². The van der Waals surface area contributed by atoms with Gasteiger partial charge in [0.2, 0.25) is 5.91 Å². The predicted molar refractivity (Wildman–Crippen MR) is 94.7 cm³/mol. The van der Waals surface area contributed by atoms with Crippen LogP contribution in [-0.4, -0.2) is 17.9 Å². The molecule has 1 amide bonds. The van der Waals surface area contributed by atoms with Crippen molar-refractivity contribution in [1.29, 1.82) is 0 Å². The third-order valence-corrected chi connectivity index (χ3v) is 4.58. The van der Waals surface area contributed by atoms with E-state index in [9.17, 15) is 18.0 Å². The fourth-order valence-electron chi connectivity index (χ4n) is 3.22. The van der Waals surface area contributed by atoms with Gasteiger partial charge in [0, 0.05) is 24.6 Å². The Balaban J connectivity index is 1.84. The van der Waals surface area contributed by atoms with Crippen molar-refractivity contribution in [3.63, 3.8) is 0 Å². The van der Waals surface area contributed by atoms with Crippen molar-refractivity contribution < 1.29 is 18.0 Å². The summed E-state index contributed by atoms with van der Waals surface area (Å²) in [5.74, 6) is -3.52. The minimum absolute atomic E-state index is 0.346. The molecule has 6 heteroatoms. The molecule has 0 radical (unpaired) electrons. The van der Waals surface area contributed by atoms with Crippen molar-refractivity contribution in [3.8, 4) is 0 Å². The van der Waals surface area contributed by atoms with Crippen LogP contribution in [-0.2, 0) is 11.2 Å². The molecular weight excluding hydrogens is 341 g/mol. The molecule has 1 aliphatic carbocycles. The second-order valence-electron chi connectivity index (χ2n) is 6.61. The second kappa shape index (κ2) is 7.40. The van der Waals surface area contributed by atoms with Gasteiger partial charge in [-0.2, -0.15) is 0 Å². The summed E-state index contributed by atoms with van der Waals surface area (Å²) in [4.78, 5) is 12.8. The zero-order chi connectivity index (χ0) is 18.7. The average Bonchev–Trinajstić information content (AvgIpc) is 2.58. The molecule has 0 saturated heterocycles. The molecular formula is C20H21F3N2O. The molecule has 1 unspecified atom stereocenters. The van der Waals surface area contributed by atoms with Gasteiger partial charge in [-0.25, -0.2) is 13.2 Å². The van der Waals surface area contributed by atoms with E-state index in [4.69, 9.17) is 0 Å². The summed E-state index contributed by atoms with van der Waals surface area (Å²) in [5.41, 5.74) is 2.17. The number of amides is 1. The molecule has 0 bridgehead atoms. The van der Waals surface area contributed by atoms with E-state index in [2.05, 4.69) is 10.6 Å². The first kappa shape index (κ1) is 18.3.